The molecule has 1 aliphatic carbocycles. The Morgan fingerprint density at radius 1 is 0.934 bits per heavy atom. The van der Waals surface area contributed by atoms with Crippen LogP contribution in [-0.2, 0) is 23.5 Å². The van der Waals surface area contributed by atoms with Gasteiger partial charge in [0.05, 0.1) is 35.3 Å². The molecule has 3 aromatic carbocycles. The summed E-state index contributed by atoms with van der Waals surface area (Å²) in [7, 11) is -4.21. The maximum Gasteiger partial charge on any atom is 0.455 e. The highest BCUT2D eigenvalue weighted by molar-refractivity contribution is 6.99. The molecule has 0 saturated carbocycles. The third-order valence-electron chi connectivity index (χ3n) is 12.5. The van der Waals surface area contributed by atoms with Crippen LogP contribution in [0.5, 0.6) is 5.75 Å². The predicted molar refractivity (Wildman–Crippen MR) is 241 cm³/mol. The Balaban J connectivity index is 1.29. The van der Waals surface area contributed by atoms with Crippen LogP contribution in [0.4, 0.5) is 0 Å². The summed E-state index contributed by atoms with van der Waals surface area (Å²) in [4.78, 5) is 45.9. The van der Waals surface area contributed by atoms with Gasteiger partial charge in [0, 0.05) is 19.2 Å². The van der Waals surface area contributed by atoms with E-state index < -0.39 is 45.3 Å². The topological polar surface area (TPSA) is 146 Å². The second-order valence-electron chi connectivity index (χ2n) is 17.4. The Kier molecular flexibility index (Phi) is 13.8. The number of phenols is 1. The van der Waals surface area contributed by atoms with Crippen molar-refractivity contribution in [2.24, 2.45) is 17.8 Å². The number of allylic oxidation sites excluding steroid dienone is 1. The number of carbonyl (C=O) groups is 3. The van der Waals surface area contributed by atoms with E-state index in [0.717, 1.165) is 32.8 Å². The number of amides is 2. The molecule has 0 radical (unpaired) electrons. The van der Waals surface area contributed by atoms with Gasteiger partial charge < -0.3 is 24.3 Å². The molecule has 4 aromatic rings. The first-order valence-corrected chi connectivity index (χ1v) is 23.5. The number of hydrogen-bond donors (Lipinski definition) is 3. The molecule has 0 unspecified atom stereocenters. The summed E-state index contributed by atoms with van der Waals surface area (Å²) in [5.74, 6) is -3.03. The number of rotatable bonds is 16. The van der Waals surface area contributed by atoms with E-state index in [0.29, 0.717) is 49.1 Å². The van der Waals surface area contributed by atoms with E-state index in [-0.39, 0.29) is 48.5 Å². The number of carboxylic acids is 1. The highest BCUT2D eigenvalue weighted by atomic mass is 35.5. The number of halogens is 1. The molecule has 2 aliphatic heterocycles. The molecule has 61 heavy (non-hydrogen) atoms. The molecule has 2 amide bonds. The van der Waals surface area contributed by atoms with E-state index in [2.05, 4.69) is 50.0 Å². The fourth-order valence-corrected chi connectivity index (χ4v) is 14.6. The number of unbranched alkanes of at least 4 members (excludes halogenated alkanes) is 2. The van der Waals surface area contributed by atoms with Gasteiger partial charge in [-0.1, -0.05) is 106 Å². The Labute approximate surface area is 364 Å². The van der Waals surface area contributed by atoms with E-state index in [1.54, 1.807) is 18.3 Å². The normalized spacial score (nSPS) is 20.8. The largest absolute Gasteiger partial charge is 0.508 e. The van der Waals surface area contributed by atoms with Crippen molar-refractivity contribution < 1.29 is 38.7 Å². The lowest BCUT2D eigenvalue weighted by atomic mass is 9.58. The van der Waals surface area contributed by atoms with Gasteiger partial charge in [0.15, 0.2) is 0 Å². The fraction of sp³-hybridized carbons (Fsp3) is 0.375. The Morgan fingerprint density at radius 3 is 2.25 bits per heavy atom. The van der Waals surface area contributed by atoms with Gasteiger partial charge in [0.25, 0.3) is 8.32 Å². The fourth-order valence-electron chi connectivity index (χ4n) is 9.80. The molecule has 3 aliphatic rings. The minimum Gasteiger partial charge on any atom is -0.508 e. The molecule has 318 valence electrons. The molecule has 13 heteroatoms. The van der Waals surface area contributed by atoms with Crippen LogP contribution in [0.15, 0.2) is 114 Å². The number of aromatic nitrogens is 1. The average Bonchev–Trinajstić information content (AvgIpc) is 3.48. The van der Waals surface area contributed by atoms with Crippen molar-refractivity contribution >= 4 is 66.8 Å². The summed E-state index contributed by atoms with van der Waals surface area (Å²) in [6.07, 6.45) is 6.04. The van der Waals surface area contributed by atoms with E-state index >= 15 is 0 Å². The van der Waals surface area contributed by atoms with Gasteiger partial charge in [-0.05, 0) is 118 Å². The first-order chi connectivity index (χ1) is 29.3. The van der Waals surface area contributed by atoms with Gasteiger partial charge >= 0.3 is 13.1 Å². The number of carbonyl (C=O) groups excluding carboxylic acids is 2. The molecule has 4 atom stereocenters. The van der Waals surface area contributed by atoms with E-state index in [1.165, 1.54) is 11.0 Å². The summed E-state index contributed by atoms with van der Waals surface area (Å²) in [6.45, 7) is 7.10. The molecule has 7 rings (SSSR count). The maximum absolute atomic E-state index is 14.4. The van der Waals surface area contributed by atoms with E-state index in [4.69, 9.17) is 25.8 Å². The van der Waals surface area contributed by atoms with Crippen LogP contribution >= 0.6 is 11.6 Å². The summed E-state index contributed by atoms with van der Waals surface area (Å²) in [6, 6.07) is 31.3. The summed E-state index contributed by atoms with van der Waals surface area (Å²) in [5, 5.41) is 32.9. The number of phenolic OH excluding ortho intramolecular Hbond substituents is 1. The van der Waals surface area contributed by atoms with Crippen molar-refractivity contribution in [1.29, 1.82) is 0 Å². The molecule has 3 N–H and O–H groups in total. The highest BCUT2D eigenvalue weighted by Gasteiger charge is 2.58. The number of likely N-dealkylation sites (tertiary alicyclic amines) is 1. The van der Waals surface area contributed by atoms with Gasteiger partial charge in [-0.15, -0.1) is 0 Å². The monoisotopic (exact) mass is 860 g/mol. The molecule has 3 heterocycles. The number of benzene rings is 3. The molecule has 10 nitrogen and oxygen atoms in total. The quantitative estimate of drug-likeness (QED) is 0.0445. The average molecular weight is 861 g/mol. The number of carboxylic acid groups (broad SMARTS) is 1. The molecule has 2 saturated heterocycles. The zero-order valence-corrected chi connectivity index (χ0v) is 36.8. The smallest absolute Gasteiger partial charge is 0.455 e. The number of aromatic hydroxyl groups is 1. The lowest BCUT2D eigenvalue weighted by molar-refractivity contribution is -0.141. The third-order valence-corrected chi connectivity index (χ3v) is 17.8. The number of nitrogens with zero attached hydrogens (tertiary/aromatic N) is 2. The lowest BCUT2D eigenvalue weighted by Gasteiger charge is -2.46. The van der Waals surface area contributed by atoms with Gasteiger partial charge in [-0.2, -0.15) is 0 Å². The van der Waals surface area contributed by atoms with Crippen LogP contribution < -0.4 is 10.4 Å². The number of fused-ring (bicyclic) bond motifs is 3. The summed E-state index contributed by atoms with van der Waals surface area (Å²) < 4.78 is 14.0. The van der Waals surface area contributed by atoms with Crippen molar-refractivity contribution in [1.82, 2.24) is 9.88 Å². The number of pyridine rings is 1. The zero-order valence-electron chi connectivity index (χ0n) is 35.0. The summed E-state index contributed by atoms with van der Waals surface area (Å²) >= 11 is 6.59. The van der Waals surface area contributed by atoms with Gasteiger partial charge in [-0.25, -0.2) is 0 Å². The lowest BCUT2D eigenvalue weighted by Crippen LogP contribution is -2.66. The molecular formula is C48H54BClN2O8Si. The van der Waals surface area contributed by atoms with Gasteiger partial charge in [0.1, 0.15) is 5.75 Å². The van der Waals surface area contributed by atoms with Gasteiger partial charge in [0.2, 0.25) is 11.8 Å². The van der Waals surface area contributed by atoms with Crippen LogP contribution in [0.25, 0.3) is 11.6 Å². The Hall–Kier alpha value is -4.85. The molecule has 1 aromatic heterocycles. The number of hydrogen-bond acceptors (Lipinski definition) is 8. The van der Waals surface area contributed by atoms with Gasteiger partial charge in [-0.3, -0.25) is 24.3 Å². The summed E-state index contributed by atoms with van der Waals surface area (Å²) in [5.41, 5.74) is 4.15. The minimum atomic E-state index is -3.05. The zero-order chi connectivity index (χ0) is 43.3. The van der Waals surface area contributed by atoms with Crippen molar-refractivity contribution in [3.05, 3.63) is 131 Å². The minimum absolute atomic E-state index is 0.0374. The first-order valence-electron chi connectivity index (χ1n) is 21.3. The SMILES string of the molecule is CC(C)(C)[Si](OCC1=C2[C@@H](CC/C(=C/c3ccc(O)cc3Cl)c3ccccn3)OB(O)C[C@@H]2[C@@H]2C(=O)N(CCCCCC(=O)O)C(=O)[C@@H]2C1)(c1ccccc1)c1ccccc1. The van der Waals surface area contributed by atoms with E-state index in [1.807, 2.05) is 60.7 Å². The van der Waals surface area contributed by atoms with Crippen LogP contribution in [-0.4, -0.2) is 77.6 Å². The van der Waals surface area contributed by atoms with Crippen molar-refractivity contribution in [2.75, 3.05) is 13.2 Å². The highest BCUT2D eigenvalue weighted by Crippen LogP contribution is 2.51. The van der Waals surface area contributed by atoms with Crippen LogP contribution in [0.3, 0.4) is 0 Å². The second-order valence-corrected chi connectivity index (χ2v) is 22.1. The number of imide groups is 1. The standard InChI is InChI=1S/C48H54BClN2O8Si/c1-48(2,3)61(36-15-7-4-8-16-36,37-17-9-5-10-18-37)59-31-34-28-38-45(47(57)52(46(38)56)26-14-6-11-20-43(54)55)39-30-49(58)60-42(44(34)39)24-22-33(41-19-12-13-25-51-41)27-32-21-23-35(53)29-40(32)50/h4-5,7-10,12-13,15-19,21,23,25,27,29,38-39,42,45,53,58H,6,11,14,20,22,24,26,28,30-31H2,1-3H3,(H,54,55)/b33-27-/t38-,39+,42-,45-/m1/s1. The van der Waals surface area contributed by atoms with Crippen molar-refractivity contribution in [2.45, 2.75) is 83.2 Å². The molecule has 2 fully saturated rings. The second kappa shape index (κ2) is 19.0. The number of aliphatic carboxylic acids is 1. The molecule has 0 spiro atoms. The Bertz CT molecular complexity index is 2230. The molecule has 0 bridgehead atoms. The van der Waals surface area contributed by atoms with Crippen LogP contribution in [0.2, 0.25) is 16.4 Å². The van der Waals surface area contributed by atoms with Crippen molar-refractivity contribution in [3.63, 3.8) is 0 Å². The first kappa shape index (κ1) is 44.2. The predicted octanol–water partition coefficient (Wildman–Crippen LogP) is 7.78. The van der Waals surface area contributed by atoms with E-state index in [9.17, 15) is 24.5 Å². The maximum atomic E-state index is 14.4. The van der Waals surface area contributed by atoms with Crippen LogP contribution in [0.1, 0.15) is 77.0 Å². The third kappa shape index (κ3) is 9.49. The molecular weight excluding hydrogens is 807 g/mol. The Morgan fingerprint density at radius 2 is 1.62 bits per heavy atom. The van der Waals surface area contributed by atoms with Crippen LogP contribution in [0, 0.1) is 17.8 Å². The van der Waals surface area contributed by atoms with Crippen molar-refractivity contribution in [3.8, 4) is 5.75 Å².